The third-order valence-electron chi connectivity index (χ3n) is 15.6. The van der Waals surface area contributed by atoms with Crippen molar-refractivity contribution in [1.82, 2.24) is 24.1 Å². The van der Waals surface area contributed by atoms with E-state index in [1.165, 1.54) is 44.6 Å². The van der Waals surface area contributed by atoms with Crippen LogP contribution in [0.2, 0.25) is 0 Å². The molecule has 5 aromatic heterocycles. The Labute approximate surface area is 492 Å². The topological polar surface area (TPSA) is 74.8 Å². The first-order chi connectivity index (χ1) is 39.7. The number of fused-ring (bicyclic) bond motifs is 7. The van der Waals surface area contributed by atoms with Crippen LogP contribution in [-0.2, 0) is 52.8 Å². The third kappa shape index (κ3) is 10.6. The minimum absolute atomic E-state index is 0. The first-order valence-electron chi connectivity index (χ1n) is 28.1. The molecule has 82 heavy (non-hydrogen) atoms. The molecule has 0 aliphatic rings. The summed E-state index contributed by atoms with van der Waals surface area (Å²) < 4.78 is 17.2. The summed E-state index contributed by atoms with van der Waals surface area (Å²) >= 11 is 0. The van der Waals surface area contributed by atoms with Gasteiger partial charge in [-0.3, -0.25) is 9.97 Å². The van der Waals surface area contributed by atoms with E-state index in [0.29, 0.717) is 0 Å². The Balaban J connectivity index is 0.000000169. The van der Waals surface area contributed by atoms with Crippen LogP contribution >= 0.6 is 0 Å². The summed E-state index contributed by atoms with van der Waals surface area (Å²) in [5.74, 6) is 2.27. The SMILES string of the molecule is CC(C)c1cc(-c2ccc3c(c2)oc2ccccc23)cc(C(C)C)c1-n1c(-c2[c-]ccc3c2oc2ccccc23)nc2ccccc21.Cn1ccnc1-c1[c-]cc(CCc2cccc(CCc3ccc(-c4[c-]cccc4)nc3)c2)cc1.[Ir+3]. The number of aromatic nitrogens is 5. The van der Waals surface area contributed by atoms with E-state index in [1.54, 1.807) is 0 Å². The smallest absolute Gasteiger partial charge is 0.501 e. The van der Waals surface area contributed by atoms with Crippen molar-refractivity contribution in [3.8, 4) is 50.8 Å². The van der Waals surface area contributed by atoms with E-state index < -0.39 is 0 Å². The van der Waals surface area contributed by atoms with Crippen LogP contribution in [0.5, 0.6) is 0 Å². The molecule has 0 unspecified atom stereocenters. The van der Waals surface area contributed by atoms with Crippen LogP contribution < -0.4 is 0 Å². The molecular weight excluding hydrogens is 1180 g/mol. The summed E-state index contributed by atoms with van der Waals surface area (Å²) in [6.45, 7) is 9.11. The van der Waals surface area contributed by atoms with Gasteiger partial charge < -0.3 is 23.0 Å². The molecule has 14 aromatic rings. The summed E-state index contributed by atoms with van der Waals surface area (Å²) in [5.41, 5.74) is 20.7. The van der Waals surface area contributed by atoms with Gasteiger partial charge in [0.15, 0.2) is 0 Å². The number of furan rings is 2. The number of benzene rings is 9. The summed E-state index contributed by atoms with van der Waals surface area (Å²) in [4.78, 5) is 14.3. The van der Waals surface area contributed by atoms with Gasteiger partial charge in [0.05, 0.1) is 28.3 Å². The molecule has 0 fully saturated rings. The Morgan fingerprint density at radius 1 is 0.500 bits per heavy atom. The van der Waals surface area contributed by atoms with Crippen molar-refractivity contribution in [1.29, 1.82) is 0 Å². The zero-order valence-electron chi connectivity index (χ0n) is 46.6. The molecular formula is C74H60IrN5O2. The van der Waals surface area contributed by atoms with Gasteiger partial charge in [-0.05, 0) is 124 Å². The van der Waals surface area contributed by atoms with Crippen LogP contribution in [0.1, 0.15) is 72.9 Å². The number of aryl methyl sites for hydroxylation is 5. The van der Waals surface area contributed by atoms with Gasteiger partial charge in [-0.15, -0.1) is 89.5 Å². The Hall–Kier alpha value is -8.94. The van der Waals surface area contributed by atoms with Crippen molar-refractivity contribution in [3.63, 3.8) is 0 Å². The molecule has 9 aromatic carbocycles. The van der Waals surface area contributed by atoms with Gasteiger partial charge in [0, 0.05) is 47.5 Å². The van der Waals surface area contributed by atoms with Crippen LogP contribution in [0.15, 0.2) is 222 Å². The van der Waals surface area contributed by atoms with Crippen molar-refractivity contribution in [2.45, 2.75) is 65.2 Å². The molecule has 0 aliphatic heterocycles. The summed E-state index contributed by atoms with van der Waals surface area (Å²) in [6.07, 6.45) is 9.79. The van der Waals surface area contributed by atoms with Gasteiger partial charge in [-0.1, -0.05) is 136 Å². The van der Waals surface area contributed by atoms with Gasteiger partial charge in [0.25, 0.3) is 0 Å². The van der Waals surface area contributed by atoms with Gasteiger partial charge >= 0.3 is 20.1 Å². The molecule has 402 valence electrons. The second-order valence-corrected chi connectivity index (χ2v) is 21.7. The molecule has 5 heterocycles. The third-order valence-corrected chi connectivity index (χ3v) is 15.6. The predicted octanol–water partition coefficient (Wildman–Crippen LogP) is 18.5. The van der Waals surface area contributed by atoms with Gasteiger partial charge in [-0.25, -0.2) is 0 Å². The van der Waals surface area contributed by atoms with E-state index in [9.17, 15) is 0 Å². The normalized spacial score (nSPS) is 11.5. The van der Waals surface area contributed by atoms with Crippen LogP contribution in [0.25, 0.3) is 106 Å². The number of pyridine rings is 1. The molecule has 0 spiro atoms. The van der Waals surface area contributed by atoms with E-state index in [4.69, 9.17) is 13.8 Å². The van der Waals surface area contributed by atoms with E-state index in [2.05, 4.69) is 200 Å². The van der Waals surface area contributed by atoms with E-state index in [0.717, 1.165) is 120 Å². The number of nitrogens with zero attached hydrogens (tertiary/aromatic N) is 5. The number of hydrogen-bond donors (Lipinski definition) is 0. The van der Waals surface area contributed by atoms with Crippen molar-refractivity contribution in [3.05, 3.63) is 264 Å². The Morgan fingerprint density at radius 3 is 1.88 bits per heavy atom. The largest absolute Gasteiger partial charge is 3.00 e. The molecule has 0 bridgehead atoms. The molecule has 0 amide bonds. The fourth-order valence-corrected chi connectivity index (χ4v) is 11.3. The van der Waals surface area contributed by atoms with Crippen molar-refractivity contribution >= 4 is 54.9 Å². The molecule has 0 atom stereocenters. The van der Waals surface area contributed by atoms with Gasteiger partial charge in [-0.2, -0.15) is 0 Å². The molecule has 8 heteroatoms. The van der Waals surface area contributed by atoms with Crippen molar-refractivity contribution in [2.75, 3.05) is 0 Å². The maximum atomic E-state index is 6.52. The minimum atomic E-state index is 0. The summed E-state index contributed by atoms with van der Waals surface area (Å²) in [7, 11) is 2.01. The number of para-hydroxylation sites is 4. The average molecular weight is 1240 g/mol. The zero-order valence-corrected chi connectivity index (χ0v) is 49.0. The average Bonchev–Trinajstić information content (AvgIpc) is 4.47. The van der Waals surface area contributed by atoms with Crippen LogP contribution in [0, 0.1) is 18.2 Å². The number of rotatable bonds is 13. The molecule has 7 nitrogen and oxygen atoms in total. The standard InChI is InChI=1S/C43H33N2O2.C31H27N3.Ir/c1-25(2)34-22-28(27-20-21-31-29-12-5-9-18-38(29)46-40(31)24-27)23-35(26(3)4)41(34)45-37-17-8-7-16-36(37)44-43(45)33-15-11-14-32-30-13-6-10-19-39(30)47-42(32)33;1-34-21-20-32-31(34)29-17-14-24(15-18-29)10-11-25-6-5-7-26(22-25)12-13-27-16-19-30(33-23-27)28-8-3-2-4-9-28;/h5-14,16-26H,1-4H3;2-8,14-17,19-23H,10-13H2,1H3;/q-1;-2;+3. The predicted molar refractivity (Wildman–Crippen MR) is 331 cm³/mol. The van der Waals surface area contributed by atoms with E-state index in [1.807, 2.05) is 84.8 Å². The molecule has 14 rings (SSSR count). The van der Waals surface area contributed by atoms with Crippen LogP contribution in [0.3, 0.4) is 0 Å². The Morgan fingerprint density at radius 2 is 1.18 bits per heavy atom. The molecule has 0 aliphatic carbocycles. The quantitative estimate of drug-likeness (QED) is 0.108. The Kier molecular flexibility index (Phi) is 15.2. The minimum Gasteiger partial charge on any atom is -0.501 e. The Bertz CT molecular complexity index is 4510. The van der Waals surface area contributed by atoms with E-state index in [-0.39, 0.29) is 31.9 Å². The maximum Gasteiger partial charge on any atom is 3.00 e. The van der Waals surface area contributed by atoms with Crippen molar-refractivity contribution < 1.29 is 28.9 Å². The second-order valence-electron chi connectivity index (χ2n) is 21.7. The fourth-order valence-electron chi connectivity index (χ4n) is 11.3. The van der Waals surface area contributed by atoms with E-state index >= 15 is 0 Å². The van der Waals surface area contributed by atoms with Crippen LogP contribution in [-0.4, -0.2) is 24.1 Å². The van der Waals surface area contributed by atoms with Crippen molar-refractivity contribution in [2.24, 2.45) is 7.05 Å². The maximum absolute atomic E-state index is 6.52. The molecule has 0 radical (unpaired) electrons. The van der Waals surface area contributed by atoms with Gasteiger partial charge in [0.2, 0.25) is 0 Å². The monoisotopic (exact) mass is 1240 g/mol. The first kappa shape index (κ1) is 53.7. The first-order valence-corrected chi connectivity index (χ1v) is 28.1. The molecule has 0 saturated carbocycles. The fraction of sp³-hybridized carbons (Fsp3) is 0.149. The zero-order chi connectivity index (χ0) is 55.0. The van der Waals surface area contributed by atoms with Gasteiger partial charge in [0.1, 0.15) is 16.7 Å². The number of hydrogen-bond acceptors (Lipinski definition) is 5. The second kappa shape index (κ2) is 23.3. The summed E-state index contributed by atoms with van der Waals surface area (Å²) in [6, 6.07) is 78.0. The van der Waals surface area contributed by atoms with Crippen LogP contribution in [0.4, 0.5) is 0 Å². The molecule has 0 N–H and O–H groups in total. The molecule has 0 saturated heterocycles. The summed E-state index contributed by atoms with van der Waals surface area (Å²) in [5, 5.41) is 4.44. The number of imidazole rings is 2.